The van der Waals surface area contributed by atoms with E-state index >= 15 is 0 Å². The molecule has 0 aromatic heterocycles. The minimum Gasteiger partial charge on any atom is -0.382 e. The van der Waals surface area contributed by atoms with Crippen LogP contribution in [-0.2, 0) is 23.9 Å². The molecule has 2 unspecified atom stereocenters. The van der Waals surface area contributed by atoms with Gasteiger partial charge in [-0.15, -0.1) is 0 Å². The summed E-state index contributed by atoms with van der Waals surface area (Å²) in [5, 5.41) is 5.30. The monoisotopic (exact) mass is 459 g/mol. The first-order valence-corrected chi connectivity index (χ1v) is 10.9. The van der Waals surface area contributed by atoms with Gasteiger partial charge in [-0.05, 0) is 39.3 Å². The highest BCUT2D eigenvalue weighted by molar-refractivity contribution is 6.25. The summed E-state index contributed by atoms with van der Waals surface area (Å²) in [6, 6.07) is 3.89. The minimum atomic E-state index is -1.00. The maximum Gasteiger partial charge on any atom is 0.264 e. The summed E-state index contributed by atoms with van der Waals surface area (Å²) in [5.41, 5.74) is 0.345. The standard InChI is InChI=1S/C23H29N3O7/c1-14(13-33-23(2,3)9-11-27)32-12-10-24-16-6-4-5-15-19(16)22(31)26(21(15)30)17-7-8-18(28)25-20(17)29/h4-6,11,14,17,24H,7-10,12-13H2,1-3H3,(H,25,28,29). The Labute approximate surface area is 192 Å². The van der Waals surface area contributed by atoms with Crippen molar-refractivity contribution in [2.24, 2.45) is 0 Å². The second-order valence-corrected chi connectivity index (χ2v) is 8.73. The summed E-state index contributed by atoms with van der Waals surface area (Å²) >= 11 is 0. The fourth-order valence-electron chi connectivity index (χ4n) is 3.76. The molecule has 0 saturated carbocycles. The van der Waals surface area contributed by atoms with Gasteiger partial charge in [-0.3, -0.25) is 29.4 Å². The van der Waals surface area contributed by atoms with Crippen LogP contribution in [-0.4, -0.2) is 72.3 Å². The molecule has 0 spiro atoms. The number of ether oxygens (including phenoxy) is 2. The number of piperidine rings is 1. The summed E-state index contributed by atoms with van der Waals surface area (Å²) in [5.74, 6) is -2.17. The van der Waals surface area contributed by atoms with E-state index in [1.165, 1.54) is 0 Å². The van der Waals surface area contributed by atoms with Crippen LogP contribution < -0.4 is 10.6 Å². The maximum absolute atomic E-state index is 13.1. The molecule has 1 aromatic carbocycles. The molecule has 2 aliphatic rings. The molecule has 4 amide bonds. The quantitative estimate of drug-likeness (QED) is 0.288. The largest absolute Gasteiger partial charge is 0.382 e. The number of nitrogens with zero attached hydrogens (tertiary/aromatic N) is 1. The van der Waals surface area contributed by atoms with Gasteiger partial charge in [0, 0.05) is 25.1 Å². The molecule has 0 aliphatic carbocycles. The zero-order valence-corrected chi connectivity index (χ0v) is 19.0. The molecule has 1 aromatic rings. The molecule has 33 heavy (non-hydrogen) atoms. The van der Waals surface area contributed by atoms with Crippen LogP contribution >= 0.6 is 0 Å². The molecule has 2 atom stereocenters. The highest BCUT2D eigenvalue weighted by atomic mass is 16.5. The van der Waals surface area contributed by atoms with E-state index in [9.17, 15) is 24.0 Å². The number of rotatable bonds is 11. The van der Waals surface area contributed by atoms with Crippen LogP contribution in [0.25, 0.3) is 0 Å². The zero-order chi connectivity index (χ0) is 24.2. The smallest absolute Gasteiger partial charge is 0.264 e. The van der Waals surface area contributed by atoms with Crippen molar-refractivity contribution in [2.45, 2.75) is 57.8 Å². The Morgan fingerprint density at radius 2 is 2.00 bits per heavy atom. The van der Waals surface area contributed by atoms with Gasteiger partial charge >= 0.3 is 0 Å². The summed E-state index contributed by atoms with van der Waals surface area (Å²) in [6.07, 6.45) is 1.09. The Balaban J connectivity index is 1.57. The van der Waals surface area contributed by atoms with Gasteiger partial charge < -0.3 is 19.6 Å². The van der Waals surface area contributed by atoms with Gasteiger partial charge in [-0.1, -0.05) is 6.07 Å². The van der Waals surface area contributed by atoms with E-state index in [0.29, 0.717) is 31.9 Å². The Morgan fingerprint density at radius 1 is 1.24 bits per heavy atom. The molecule has 2 aliphatic heterocycles. The molecule has 2 N–H and O–H groups in total. The average molecular weight is 459 g/mol. The summed E-state index contributed by atoms with van der Waals surface area (Å²) in [6.45, 7) is 6.55. The van der Waals surface area contributed by atoms with Crippen LogP contribution in [0.4, 0.5) is 5.69 Å². The van der Waals surface area contributed by atoms with Crippen molar-refractivity contribution in [3.63, 3.8) is 0 Å². The zero-order valence-electron chi connectivity index (χ0n) is 19.0. The molecular weight excluding hydrogens is 430 g/mol. The van der Waals surface area contributed by atoms with Crippen molar-refractivity contribution in [3.8, 4) is 0 Å². The van der Waals surface area contributed by atoms with Crippen LogP contribution in [0.3, 0.4) is 0 Å². The fourth-order valence-corrected chi connectivity index (χ4v) is 3.76. The van der Waals surface area contributed by atoms with Gasteiger partial charge in [0.2, 0.25) is 11.8 Å². The third-order valence-electron chi connectivity index (χ3n) is 5.57. The van der Waals surface area contributed by atoms with E-state index in [0.717, 1.165) is 11.2 Å². The predicted molar refractivity (Wildman–Crippen MR) is 118 cm³/mol. The number of benzene rings is 1. The van der Waals surface area contributed by atoms with Crippen molar-refractivity contribution in [1.82, 2.24) is 10.2 Å². The van der Waals surface area contributed by atoms with Crippen LogP contribution in [0.15, 0.2) is 18.2 Å². The second kappa shape index (κ2) is 10.2. The first-order valence-electron chi connectivity index (χ1n) is 10.9. The molecule has 2 heterocycles. The number of hydrogen-bond donors (Lipinski definition) is 2. The van der Waals surface area contributed by atoms with Gasteiger partial charge in [0.05, 0.1) is 36.0 Å². The van der Waals surface area contributed by atoms with Crippen molar-refractivity contribution in [2.75, 3.05) is 25.1 Å². The third kappa shape index (κ3) is 5.63. The number of aldehydes is 1. The number of imide groups is 2. The first-order chi connectivity index (χ1) is 15.6. The van der Waals surface area contributed by atoms with Gasteiger partial charge in [0.1, 0.15) is 12.3 Å². The predicted octanol–water partition coefficient (Wildman–Crippen LogP) is 1.29. The molecule has 0 radical (unpaired) electrons. The Morgan fingerprint density at radius 3 is 2.70 bits per heavy atom. The molecule has 1 fully saturated rings. The highest BCUT2D eigenvalue weighted by Gasteiger charge is 2.45. The van der Waals surface area contributed by atoms with Crippen LogP contribution in [0.1, 0.15) is 60.7 Å². The van der Waals surface area contributed by atoms with Gasteiger partial charge in [0.25, 0.3) is 11.8 Å². The van der Waals surface area contributed by atoms with E-state index < -0.39 is 35.3 Å². The van der Waals surface area contributed by atoms with E-state index in [1.807, 2.05) is 20.8 Å². The normalized spacial score (nSPS) is 19.4. The van der Waals surface area contributed by atoms with Crippen molar-refractivity contribution >= 4 is 35.6 Å². The fraction of sp³-hybridized carbons (Fsp3) is 0.522. The molecule has 10 nitrogen and oxygen atoms in total. The third-order valence-corrected chi connectivity index (χ3v) is 5.57. The van der Waals surface area contributed by atoms with E-state index in [-0.39, 0.29) is 30.1 Å². The number of anilines is 1. The lowest BCUT2D eigenvalue weighted by molar-refractivity contribution is -0.136. The average Bonchev–Trinajstić information content (AvgIpc) is 3.01. The molecule has 10 heteroatoms. The lowest BCUT2D eigenvalue weighted by Gasteiger charge is -2.27. The summed E-state index contributed by atoms with van der Waals surface area (Å²) < 4.78 is 11.4. The lowest BCUT2D eigenvalue weighted by atomic mass is 10.0. The number of amides is 4. The van der Waals surface area contributed by atoms with E-state index in [1.54, 1.807) is 18.2 Å². The second-order valence-electron chi connectivity index (χ2n) is 8.73. The van der Waals surface area contributed by atoms with Crippen LogP contribution in [0.5, 0.6) is 0 Å². The minimum absolute atomic E-state index is 0.0699. The number of nitrogens with one attached hydrogen (secondary N) is 2. The number of carbonyl (C=O) groups excluding carboxylic acids is 5. The maximum atomic E-state index is 13.1. The highest BCUT2D eigenvalue weighted by Crippen LogP contribution is 2.32. The summed E-state index contributed by atoms with van der Waals surface area (Å²) in [7, 11) is 0. The van der Waals surface area contributed by atoms with E-state index in [4.69, 9.17) is 9.47 Å². The molecule has 178 valence electrons. The lowest BCUT2D eigenvalue weighted by Crippen LogP contribution is -2.54. The van der Waals surface area contributed by atoms with Crippen molar-refractivity contribution in [3.05, 3.63) is 29.3 Å². The first kappa shape index (κ1) is 24.5. The number of hydrogen-bond acceptors (Lipinski definition) is 8. The number of fused-ring (bicyclic) bond motifs is 1. The molecular formula is C23H29N3O7. The van der Waals surface area contributed by atoms with Crippen molar-refractivity contribution < 1.29 is 33.4 Å². The van der Waals surface area contributed by atoms with Gasteiger partial charge in [-0.25, -0.2) is 0 Å². The SMILES string of the molecule is CC(COC(C)(C)CC=O)OCCNc1cccc2c1C(=O)N(C1CCC(=O)NC1=O)C2=O. The topological polar surface area (TPSA) is 131 Å². The molecule has 0 bridgehead atoms. The van der Waals surface area contributed by atoms with E-state index in [2.05, 4.69) is 10.6 Å². The van der Waals surface area contributed by atoms with Crippen LogP contribution in [0.2, 0.25) is 0 Å². The molecule has 1 saturated heterocycles. The van der Waals surface area contributed by atoms with Gasteiger partial charge in [-0.2, -0.15) is 0 Å². The van der Waals surface area contributed by atoms with Gasteiger partial charge in [0.15, 0.2) is 0 Å². The molecule has 3 rings (SSSR count). The Bertz CT molecular complexity index is 959. The summed E-state index contributed by atoms with van der Waals surface area (Å²) in [4.78, 5) is 61.2. The van der Waals surface area contributed by atoms with Crippen molar-refractivity contribution in [1.29, 1.82) is 0 Å². The van der Waals surface area contributed by atoms with Crippen LogP contribution in [0, 0.1) is 0 Å². The Hall–Kier alpha value is -3.11. The Kier molecular flexibility index (Phi) is 7.60. The number of carbonyl (C=O) groups is 5.